The molecule has 0 saturated carbocycles. The van der Waals surface area contributed by atoms with Crippen LogP contribution in [0, 0.1) is 6.92 Å². The van der Waals surface area contributed by atoms with Gasteiger partial charge < -0.3 is 10.3 Å². The summed E-state index contributed by atoms with van der Waals surface area (Å²) < 4.78 is 3.02. The van der Waals surface area contributed by atoms with Crippen molar-refractivity contribution < 1.29 is 0 Å². The van der Waals surface area contributed by atoms with Crippen molar-refractivity contribution in [2.75, 3.05) is 5.73 Å². The molecule has 1 heterocycles. The summed E-state index contributed by atoms with van der Waals surface area (Å²) in [7, 11) is 0. The van der Waals surface area contributed by atoms with Gasteiger partial charge in [0.2, 0.25) is 0 Å². The van der Waals surface area contributed by atoms with Gasteiger partial charge in [0.25, 0.3) is 0 Å². The molecule has 0 saturated heterocycles. The fourth-order valence-corrected chi connectivity index (χ4v) is 2.30. The summed E-state index contributed by atoms with van der Waals surface area (Å²) in [6.45, 7) is 4.88. The topological polar surface area (TPSA) is 43.8 Å². The first-order valence-electron chi connectivity index (χ1n) is 5.22. The Balaban J connectivity index is 2.62. The molecule has 3 nitrogen and oxygen atoms in total. The molecular weight excluding hydrogens is 266 g/mol. The first-order chi connectivity index (χ1) is 7.65. The number of nitrogens with two attached hydrogens (primary N) is 1. The van der Waals surface area contributed by atoms with Gasteiger partial charge in [0.1, 0.15) is 17.3 Å². The second-order valence-electron chi connectivity index (χ2n) is 3.62. The minimum atomic E-state index is 0.729. The molecule has 0 atom stereocenters. The number of hydrogen-bond acceptors (Lipinski definition) is 2. The Hall–Kier alpha value is -1.29. The molecule has 16 heavy (non-hydrogen) atoms. The Morgan fingerprint density at radius 1 is 1.38 bits per heavy atom. The number of benzene rings is 1. The zero-order chi connectivity index (χ0) is 11.7. The van der Waals surface area contributed by atoms with Gasteiger partial charge in [0.15, 0.2) is 0 Å². The van der Waals surface area contributed by atoms with E-state index in [1.807, 2.05) is 35.8 Å². The zero-order valence-electron chi connectivity index (χ0n) is 9.37. The maximum absolute atomic E-state index is 6.10. The predicted octanol–water partition coefficient (Wildman–Crippen LogP) is 3.22. The van der Waals surface area contributed by atoms with Crippen molar-refractivity contribution in [1.82, 2.24) is 9.55 Å². The van der Waals surface area contributed by atoms with Crippen LogP contribution in [0.5, 0.6) is 0 Å². The molecule has 84 valence electrons. The molecule has 1 aromatic carbocycles. The van der Waals surface area contributed by atoms with E-state index in [2.05, 4.69) is 27.8 Å². The molecule has 0 aliphatic rings. The molecule has 2 aromatic rings. The highest BCUT2D eigenvalue weighted by molar-refractivity contribution is 9.10. The molecule has 2 rings (SSSR count). The number of aromatic nitrogens is 2. The van der Waals surface area contributed by atoms with Gasteiger partial charge in [-0.2, -0.15) is 0 Å². The van der Waals surface area contributed by atoms with Crippen LogP contribution in [0.15, 0.2) is 28.7 Å². The average Bonchev–Trinajstić information content (AvgIpc) is 2.55. The maximum Gasteiger partial charge on any atom is 0.131 e. The fourth-order valence-electron chi connectivity index (χ4n) is 1.83. The quantitative estimate of drug-likeness (QED) is 0.917. The number of nitrogens with zero attached hydrogens (tertiary/aromatic N) is 2. The van der Waals surface area contributed by atoms with Gasteiger partial charge in [0, 0.05) is 16.6 Å². The summed E-state index contributed by atoms with van der Waals surface area (Å²) in [5.41, 5.74) is 7.99. The standard InChI is InChI=1S/C12H14BrN3/c1-3-16-8(2)15-11(12(16)14)9-6-4-5-7-10(9)13/h4-7H,3,14H2,1-2H3. The van der Waals surface area contributed by atoms with Gasteiger partial charge in [-0.1, -0.05) is 34.1 Å². The van der Waals surface area contributed by atoms with Crippen LogP contribution in [-0.4, -0.2) is 9.55 Å². The lowest BCUT2D eigenvalue weighted by Gasteiger charge is -2.04. The summed E-state index contributed by atoms with van der Waals surface area (Å²) in [4.78, 5) is 4.52. The van der Waals surface area contributed by atoms with E-state index in [1.54, 1.807) is 0 Å². The van der Waals surface area contributed by atoms with E-state index in [9.17, 15) is 0 Å². The fraction of sp³-hybridized carbons (Fsp3) is 0.250. The molecule has 0 bridgehead atoms. The number of halogens is 1. The molecule has 0 radical (unpaired) electrons. The lowest BCUT2D eigenvalue weighted by molar-refractivity contribution is 0.739. The summed E-state index contributed by atoms with van der Waals surface area (Å²) in [5.74, 6) is 1.68. The van der Waals surface area contributed by atoms with Gasteiger partial charge in [-0.25, -0.2) is 4.98 Å². The van der Waals surface area contributed by atoms with Gasteiger partial charge >= 0.3 is 0 Å². The van der Waals surface area contributed by atoms with Crippen molar-refractivity contribution in [1.29, 1.82) is 0 Å². The summed E-state index contributed by atoms with van der Waals surface area (Å²) in [6.07, 6.45) is 0. The van der Waals surface area contributed by atoms with E-state index >= 15 is 0 Å². The predicted molar refractivity (Wildman–Crippen MR) is 70.2 cm³/mol. The highest BCUT2D eigenvalue weighted by atomic mass is 79.9. The van der Waals surface area contributed by atoms with Crippen LogP contribution in [0.4, 0.5) is 5.82 Å². The van der Waals surface area contributed by atoms with Crippen molar-refractivity contribution in [3.8, 4) is 11.3 Å². The molecule has 2 N–H and O–H groups in total. The summed E-state index contributed by atoms with van der Waals surface area (Å²) in [6, 6.07) is 7.98. The SMILES string of the molecule is CCn1c(C)nc(-c2ccccc2Br)c1N. The van der Waals surface area contributed by atoms with E-state index in [4.69, 9.17) is 5.73 Å². The molecule has 0 amide bonds. The molecule has 0 aliphatic carbocycles. The van der Waals surface area contributed by atoms with Crippen LogP contribution in [0.2, 0.25) is 0 Å². The van der Waals surface area contributed by atoms with Crippen LogP contribution in [0.25, 0.3) is 11.3 Å². The Morgan fingerprint density at radius 3 is 2.62 bits per heavy atom. The second-order valence-corrected chi connectivity index (χ2v) is 4.47. The number of rotatable bonds is 2. The lowest BCUT2D eigenvalue weighted by Crippen LogP contribution is -2.02. The molecule has 4 heteroatoms. The summed E-state index contributed by atoms with van der Waals surface area (Å²) >= 11 is 3.52. The number of nitrogen functional groups attached to an aromatic ring is 1. The first-order valence-corrected chi connectivity index (χ1v) is 6.02. The normalized spacial score (nSPS) is 10.7. The van der Waals surface area contributed by atoms with Gasteiger partial charge in [-0.15, -0.1) is 0 Å². The Bertz CT molecular complexity index is 517. The highest BCUT2D eigenvalue weighted by Crippen LogP contribution is 2.31. The van der Waals surface area contributed by atoms with E-state index in [-0.39, 0.29) is 0 Å². The maximum atomic E-state index is 6.10. The van der Waals surface area contributed by atoms with Gasteiger partial charge in [-0.3, -0.25) is 0 Å². The van der Waals surface area contributed by atoms with Crippen LogP contribution >= 0.6 is 15.9 Å². The van der Waals surface area contributed by atoms with Crippen LogP contribution in [0.3, 0.4) is 0 Å². The Morgan fingerprint density at radius 2 is 2.06 bits per heavy atom. The van der Waals surface area contributed by atoms with E-state index < -0.39 is 0 Å². The van der Waals surface area contributed by atoms with E-state index in [1.165, 1.54) is 0 Å². The number of anilines is 1. The third-order valence-electron chi connectivity index (χ3n) is 2.64. The van der Waals surface area contributed by atoms with Crippen molar-refractivity contribution in [2.45, 2.75) is 20.4 Å². The van der Waals surface area contributed by atoms with Crippen LogP contribution in [0.1, 0.15) is 12.7 Å². The molecule has 0 unspecified atom stereocenters. The highest BCUT2D eigenvalue weighted by Gasteiger charge is 2.14. The van der Waals surface area contributed by atoms with E-state index in [0.29, 0.717) is 0 Å². The minimum Gasteiger partial charge on any atom is -0.383 e. The van der Waals surface area contributed by atoms with Gasteiger partial charge in [0.05, 0.1) is 0 Å². The molecule has 0 fully saturated rings. The monoisotopic (exact) mass is 279 g/mol. The van der Waals surface area contributed by atoms with Crippen molar-refractivity contribution in [2.24, 2.45) is 0 Å². The number of imidazole rings is 1. The number of aryl methyl sites for hydroxylation is 1. The smallest absolute Gasteiger partial charge is 0.131 e. The van der Waals surface area contributed by atoms with Crippen molar-refractivity contribution >= 4 is 21.7 Å². The van der Waals surface area contributed by atoms with Crippen molar-refractivity contribution in [3.63, 3.8) is 0 Å². The van der Waals surface area contributed by atoms with Crippen molar-refractivity contribution in [3.05, 3.63) is 34.6 Å². The summed E-state index contributed by atoms with van der Waals surface area (Å²) in [5, 5.41) is 0. The molecule has 0 spiro atoms. The average molecular weight is 280 g/mol. The zero-order valence-corrected chi connectivity index (χ0v) is 11.0. The molecule has 1 aromatic heterocycles. The van der Waals surface area contributed by atoms with Crippen LogP contribution in [-0.2, 0) is 6.54 Å². The second kappa shape index (κ2) is 4.29. The van der Waals surface area contributed by atoms with Gasteiger partial charge in [-0.05, 0) is 19.9 Å². The molecule has 0 aliphatic heterocycles. The van der Waals surface area contributed by atoms with E-state index in [0.717, 1.165) is 33.9 Å². The third kappa shape index (κ3) is 1.73. The van der Waals surface area contributed by atoms with Crippen LogP contribution < -0.4 is 5.73 Å². The Labute approximate surface area is 103 Å². The Kier molecular flexibility index (Phi) is 3.01. The molecular formula is C12H14BrN3. The lowest BCUT2D eigenvalue weighted by atomic mass is 10.1. The number of hydrogen-bond donors (Lipinski definition) is 1. The third-order valence-corrected chi connectivity index (χ3v) is 3.33. The minimum absolute atomic E-state index is 0.729. The first kappa shape index (κ1) is 11.2. The largest absolute Gasteiger partial charge is 0.383 e.